The zero-order valence-corrected chi connectivity index (χ0v) is 10.3. The van der Waals surface area contributed by atoms with E-state index in [-0.39, 0.29) is 18.2 Å². The lowest BCUT2D eigenvalue weighted by molar-refractivity contribution is 0.394. The van der Waals surface area contributed by atoms with Crippen molar-refractivity contribution < 1.29 is 21.3 Å². The van der Waals surface area contributed by atoms with Crippen molar-refractivity contribution in [1.82, 2.24) is 14.9 Å². The van der Waals surface area contributed by atoms with E-state index in [0.29, 0.717) is 0 Å². The molecular formula is C6H11N3O5S2. The molecule has 16 heavy (non-hydrogen) atoms. The van der Waals surface area contributed by atoms with Gasteiger partial charge in [0.05, 0.1) is 12.3 Å². The summed E-state index contributed by atoms with van der Waals surface area (Å²) in [4.78, 5) is 0. The summed E-state index contributed by atoms with van der Waals surface area (Å²) in [5.74, 6) is -0.183. The molecule has 0 aromatic carbocycles. The summed E-state index contributed by atoms with van der Waals surface area (Å²) in [5.41, 5.74) is 0. The zero-order chi connectivity index (χ0) is 12.4. The Hall–Kier alpha value is -1.00. The van der Waals surface area contributed by atoms with Gasteiger partial charge in [0.15, 0.2) is 0 Å². The van der Waals surface area contributed by atoms with Crippen LogP contribution in [0.3, 0.4) is 0 Å². The van der Waals surface area contributed by atoms with Gasteiger partial charge in [0.25, 0.3) is 0 Å². The van der Waals surface area contributed by atoms with Crippen molar-refractivity contribution in [3.63, 3.8) is 0 Å². The molecule has 0 unspecified atom stereocenters. The Bertz CT molecular complexity index is 559. The smallest absolute Gasteiger partial charge is 0.335 e. The Kier molecular flexibility index (Phi) is 3.65. The molecule has 8 nitrogen and oxygen atoms in total. The average Bonchev–Trinajstić information content (AvgIpc) is 2.63. The Labute approximate surface area is 93.0 Å². The monoisotopic (exact) mass is 269 g/mol. The zero-order valence-electron chi connectivity index (χ0n) is 8.67. The van der Waals surface area contributed by atoms with Gasteiger partial charge in [-0.3, -0.25) is 0 Å². The first-order valence-electron chi connectivity index (χ1n) is 4.24. The molecule has 0 atom stereocenters. The van der Waals surface area contributed by atoms with Gasteiger partial charge in [0, 0.05) is 6.26 Å². The van der Waals surface area contributed by atoms with Crippen molar-refractivity contribution in [2.45, 2.75) is 18.7 Å². The van der Waals surface area contributed by atoms with Gasteiger partial charge in [-0.25, -0.2) is 21.6 Å². The van der Waals surface area contributed by atoms with E-state index in [1.54, 1.807) is 0 Å². The minimum atomic E-state index is -3.56. The highest BCUT2D eigenvalue weighted by atomic mass is 32.2. The third kappa shape index (κ3) is 3.54. The van der Waals surface area contributed by atoms with Crippen molar-refractivity contribution in [2.75, 3.05) is 12.0 Å². The van der Waals surface area contributed by atoms with Gasteiger partial charge in [-0.1, -0.05) is 5.10 Å². The van der Waals surface area contributed by atoms with Crippen LogP contribution in [0.25, 0.3) is 0 Å². The van der Waals surface area contributed by atoms with Crippen LogP contribution in [-0.2, 0) is 26.4 Å². The molecule has 0 radical (unpaired) electrons. The summed E-state index contributed by atoms with van der Waals surface area (Å²) in [5, 5.41) is 6.14. The molecule has 0 bridgehead atoms. The first-order valence-corrected chi connectivity index (χ1v) is 7.79. The summed E-state index contributed by atoms with van der Waals surface area (Å²) in [6.45, 7) is 1.25. The van der Waals surface area contributed by atoms with E-state index in [4.69, 9.17) is 4.42 Å². The van der Waals surface area contributed by atoms with E-state index in [2.05, 4.69) is 14.9 Å². The van der Waals surface area contributed by atoms with E-state index in [1.165, 1.54) is 6.92 Å². The van der Waals surface area contributed by atoms with Crippen LogP contribution in [-0.4, -0.2) is 39.0 Å². The largest absolute Gasteiger partial charge is 0.411 e. The van der Waals surface area contributed by atoms with Crippen LogP contribution in [0.5, 0.6) is 0 Å². The van der Waals surface area contributed by atoms with Crippen LogP contribution in [0.2, 0.25) is 0 Å². The highest BCUT2D eigenvalue weighted by Gasteiger charge is 2.17. The lowest BCUT2D eigenvalue weighted by atomic mass is 10.7. The number of hydrogen-bond donors (Lipinski definition) is 1. The summed E-state index contributed by atoms with van der Waals surface area (Å²) in [6.07, 6.45) is 0.917. The predicted molar refractivity (Wildman–Crippen MR) is 53.7 cm³/mol. The van der Waals surface area contributed by atoms with Gasteiger partial charge >= 0.3 is 5.22 Å². The van der Waals surface area contributed by atoms with E-state index < -0.39 is 25.1 Å². The molecule has 10 heteroatoms. The van der Waals surface area contributed by atoms with E-state index >= 15 is 0 Å². The molecule has 0 fully saturated rings. The van der Waals surface area contributed by atoms with Gasteiger partial charge in [0.2, 0.25) is 25.8 Å². The minimum Gasteiger partial charge on any atom is -0.411 e. The van der Waals surface area contributed by atoms with E-state index in [1.807, 2.05) is 0 Å². The summed E-state index contributed by atoms with van der Waals surface area (Å²) in [7, 11) is -6.93. The fraction of sp³-hybridized carbons (Fsp3) is 0.667. The number of sulfone groups is 1. The molecule has 0 aliphatic rings. The summed E-state index contributed by atoms with van der Waals surface area (Å²) in [6, 6.07) is 0. The molecule has 1 aromatic rings. The Morgan fingerprint density at radius 1 is 1.25 bits per heavy atom. The van der Waals surface area contributed by atoms with Crippen LogP contribution in [0.15, 0.2) is 9.64 Å². The normalized spacial score (nSPS) is 12.9. The number of hydrogen-bond acceptors (Lipinski definition) is 7. The number of aromatic nitrogens is 2. The molecule has 0 aliphatic carbocycles. The standard InChI is InChI=1S/C6H11N3O5S2/c1-3-16(12,13)7-4-5-8-9-6(14-5)15(2,10)11/h7H,3-4H2,1-2H3. The highest BCUT2D eigenvalue weighted by Crippen LogP contribution is 2.06. The maximum atomic E-state index is 11.1. The second kappa shape index (κ2) is 4.47. The lowest BCUT2D eigenvalue weighted by Gasteiger charge is -1.99. The van der Waals surface area contributed by atoms with Gasteiger partial charge in [-0.2, -0.15) is 0 Å². The molecule has 1 rings (SSSR count). The SMILES string of the molecule is CCS(=O)(=O)NCc1nnc(S(C)(=O)=O)o1. The average molecular weight is 269 g/mol. The van der Waals surface area contributed by atoms with E-state index in [9.17, 15) is 16.8 Å². The first-order chi connectivity index (χ1) is 7.24. The second-order valence-corrected chi connectivity index (χ2v) is 6.95. The predicted octanol–water partition coefficient (Wildman–Crippen LogP) is -1.09. The van der Waals surface area contributed by atoms with Gasteiger partial charge < -0.3 is 4.42 Å². The molecule has 0 amide bonds. The summed E-state index contributed by atoms with van der Waals surface area (Å²) >= 11 is 0. The van der Waals surface area contributed by atoms with Crippen LogP contribution >= 0.6 is 0 Å². The molecule has 0 spiro atoms. The second-order valence-electron chi connectivity index (χ2n) is 2.96. The molecule has 0 saturated heterocycles. The first kappa shape index (κ1) is 13.1. The number of nitrogens with one attached hydrogen (secondary N) is 1. The highest BCUT2D eigenvalue weighted by molar-refractivity contribution is 7.90. The lowest BCUT2D eigenvalue weighted by Crippen LogP contribution is -2.24. The van der Waals surface area contributed by atoms with Gasteiger partial charge in [-0.15, -0.1) is 5.10 Å². The number of sulfonamides is 1. The van der Waals surface area contributed by atoms with Crippen LogP contribution in [0.1, 0.15) is 12.8 Å². The molecular weight excluding hydrogens is 258 g/mol. The number of rotatable bonds is 5. The molecule has 1 N–H and O–H groups in total. The van der Waals surface area contributed by atoms with Gasteiger partial charge in [-0.05, 0) is 6.92 Å². The van der Waals surface area contributed by atoms with E-state index in [0.717, 1.165) is 6.26 Å². The maximum Gasteiger partial charge on any atom is 0.335 e. The third-order valence-corrected chi connectivity index (χ3v) is 3.73. The molecule has 1 heterocycles. The third-order valence-electron chi connectivity index (χ3n) is 1.59. The minimum absolute atomic E-state index is 0.0833. The Morgan fingerprint density at radius 2 is 1.88 bits per heavy atom. The molecule has 0 saturated carbocycles. The van der Waals surface area contributed by atoms with Crippen molar-refractivity contribution in [1.29, 1.82) is 0 Å². The fourth-order valence-corrected chi connectivity index (χ4v) is 1.72. The van der Waals surface area contributed by atoms with Crippen LogP contribution in [0.4, 0.5) is 0 Å². The van der Waals surface area contributed by atoms with Gasteiger partial charge in [0.1, 0.15) is 0 Å². The van der Waals surface area contributed by atoms with Crippen LogP contribution in [0, 0.1) is 0 Å². The quantitative estimate of drug-likeness (QED) is 0.721. The Morgan fingerprint density at radius 3 is 2.31 bits per heavy atom. The molecule has 92 valence electrons. The summed E-state index contributed by atoms with van der Waals surface area (Å²) < 4.78 is 51.0. The maximum absolute atomic E-state index is 11.1. The van der Waals surface area contributed by atoms with Crippen molar-refractivity contribution in [2.24, 2.45) is 0 Å². The Balaban J connectivity index is 2.75. The van der Waals surface area contributed by atoms with Crippen LogP contribution < -0.4 is 4.72 Å². The molecule has 0 aliphatic heterocycles. The topological polar surface area (TPSA) is 119 Å². The number of nitrogens with zero attached hydrogens (tertiary/aromatic N) is 2. The van der Waals surface area contributed by atoms with Crippen molar-refractivity contribution in [3.8, 4) is 0 Å². The fourth-order valence-electron chi connectivity index (χ4n) is 0.733. The van der Waals surface area contributed by atoms with Crippen molar-refractivity contribution in [3.05, 3.63) is 5.89 Å². The van der Waals surface area contributed by atoms with Crippen molar-refractivity contribution >= 4 is 19.9 Å². The molecule has 1 aromatic heterocycles.